The standard InChI is InChI=1S/C10H17NO2/c1-7-2-5-9(13-7)10(12)11-6-8-3-4-8/h7-9H,2-6H2,1H3,(H,11,12). The molecule has 13 heavy (non-hydrogen) atoms. The summed E-state index contributed by atoms with van der Waals surface area (Å²) in [4.78, 5) is 11.5. The van der Waals surface area contributed by atoms with Gasteiger partial charge in [0.1, 0.15) is 6.10 Å². The zero-order chi connectivity index (χ0) is 9.26. The third-order valence-corrected chi connectivity index (χ3v) is 2.79. The number of carbonyl (C=O) groups excluding carboxylic acids is 1. The van der Waals surface area contributed by atoms with Gasteiger partial charge in [0.2, 0.25) is 5.91 Å². The zero-order valence-electron chi connectivity index (χ0n) is 8.08. The molecule has 0 aromatic heterocycles. The Morgan fingerprint density at radius 1 is 1.38 bits per heavy atom. The van der Waals surface area contributed by atoms with Gasteiger partial charge in [-0.3, -0.25) is 4.79 Å². The average molecular weight is 183 g/mol. The molecular weight excluding hydrogens is 166 g/mol. The second-order valence-electron chi connectivity index (χ2n) is 4.20. The molecule has 2 atom stereocenters. The number of rotatable bonds is 3. The quantitative estimate of drug-likeness (QED) is 0.711. The summed E-state index contributed by atoms with van der Waals surface area (Å²) >= 11 is 0. The summed E-state index contributed by atoms with van der Waals surface area (Å²) in [7, 11) is 0. The Labute approximate surface area is 78.8 Å². The molecule has 1 heterocycles. The highest BCUT2D eigenvalue weighted by Crippen LogP contribution is 2.27. The van der Waals surface area contributed by atoms with Crippen LogP contribution in [0.25, 0.3) is 0 Å². The molecule has 1 aliphatic heterocycles. The summed E-state index contributed by atoms with van der Waals surface area (Å²) < 4.78 is 5.46. The van der Waals surface area contributed by atoms with Crippen LogP contribution in [0.15, 0.2) is 0 Å². The second-order valence-corrected chi connectivity index (χ2v) is 4.20. The van der Waals surface area contributed by atoms with Crippen molar-refractivity contribution in [1.82, 2.24) is 5.32 Å². The van der Waals surface area contributed by atoms with E-state index >= 15 is 0 Å². The first kappa shape index (κ1) is 9.00. The topological polar surface area (TPSA) is 38.3 Å². The number of hydrogen-bond acceptors (Lipinski definition) is 2. The zero-order valence-corrected chi connectivity index (χ0v) is 8.08. The first-order valence-corrected chi connectivity index (χ1v) is 5.19. The van der Waals surface area contributed by atoms with Gasteiger partial charge in [-0.05, 0) is 38.5 Å². The van der Waals surface area contributed by atoms with E-state index in [1.54, 1.807) is 0 Å². The van der Waals surface area contributed by atoms with Gasteiger partial charge in [-0.1, -0.05) is 0 Å². The lowest BCUT2D eigenvalue weighted by Gasteiger charge is -2.10. The van der Waals surface area contributed by atoms with Gasteiger partial charge in [0.15, 0.2) is 0 Å². The number of carbonyl (C=O) groups is 1. The molecule has 2 unspecified atom stereocenters. The van der Waals surface area contributed by atoms with E-state index in [9.17, 15) is 4.79 Å². The van der Waals surface area contributed by atoms with Crippen LogP contribution in [0.2, 0.25) is 0 Å². The van der Waals surface area contributed by atoms with Crippen LogP contribution < -0.4 is 5.32 Å². The molecule has 1 saturated heterocycles. The maximum atomic E-state index is 11.5. The molecule has 0 bridgehead atoms. The van der Waals surface area contributed by atoms with Crippen LogP contribution in [0, 0.1) is 5.92 Å². The van der Waals surface area contributed by atoms with Crippen molar-refractivity contribution in [3.05, 3.63) is 0 Å². The number of ether oxygens (including phenoxy) is 1. The molecule has 1 N–H and O–H groups in total. The Balaban J connectivity index is 1.69. The second kappa shape index (κ2) is 3.66. The van der Waals surface area contributed by atoms with Crippen molar-refractivity contribution in [1.29, 1.82) is 0 Å². The van der Waals surface area contributed by atoms with Gasteiger partial charge >= 0.3 is 0 Å². The number of nitrogens with one attached hydrogen (secondary N) is 1. The molecule has 2 rings (SSSR count). The van der Waals surface area contributed by atoms with Crippen molar-refractivity contribution in [2.75, 3.05) is 6.54 Å². The molecule has 2 fully saturated rings. The van der Waals surface area contributed by atoms with Gasteiger partial charge in [0, 0.05) is 6.54 Å². The van der Waals surface area contributed by atoms with Crippen molar-refractivity contribution in [3.8, 4) is 0 Å². The SMILES string of the molecule is CC1CCC(C(=O)NCC2CC2)O1. The monoisotopic (exact) mass is 183 g/mol. The molecule has 2 aliphatic rings. The molecular formula is C10H17NO2. The largest absolute Gasteiger partial charge is 0.365 e. The lowest BCUT2D eigenvalue weighted by atomic mass is 10.2. The van der Waals surface area contributed by atoms with E-state index < -0.39 is 0 Å². The Morgan fingerprint density at radius 2 is 2.15 bits per heavy atom. The molecule has 1 amide bonds. The van der Waals surface area contributed by atoms with Crippen LogP contribution in [-0.4, -0.2) is 24.7 Å². The van der Waals surface area contributed by atoms with Crippen molar-refractivity contribution in [3.63, 3.8) is 0 Å². The van der Waals surface area contributed by atoms with E-state index in [0.717, 1.165) is 25.3 Å². The maximum absolute atomic E-state index is 11.5. The first-order valence-electron chi connectivity index (χ1n) is 5.19. The molecule has 1 aliphatic carbocycles. The summed E-state index contributed by atoms with van der Waals surface area (Å²) in [6.45, 7) is 2.88. The highest BCUT2D eigenvalue weighted by molar-refractivity contribution is 5.81. The smallest absolute Gasteiger partial charge is 0.249 e. The molecule has 74 valence electrons. The number of hydrogen-bond donors (Lipinski definition) is 1. The summed E-state index contributed by atoms with van der Waals surface area (Å²) in [5.74, 6) is 0.846. The van der Waals surface area contributed by atoms with Gasteiger partial charge in [0.05, 0.1) is 6.10 Å². The summed E-state index contributed by atoms with van der Waals surface area (Å²) in [6, 6.07) is 0. The van der Waals surface area contributed by atoms with Crippen molar-refractivity contribution < 1.29 is 9.53 Å². The minimum Gasteiger partial charge on any atom is -0.365 e. The van der Waals surface area contributed by atoms with E-state index in [4.69, 9.17) is 4.74 Å². The molecule has 0 spiro atoms. The number of amides is 1. The van der Waals surface area contributed by atoms with Crippen molar-refractivity contribution in [2.45, 2.75) is 44.8 Å². The van der Waals surface area contributed by atoms with Crippen LogP contribution in [0.4, 0.5) is 0 Å². The molecule has 0 radical (unpaired) electrons. The predicted octanol–water partition coefficient (Wildman–Crippen LogP) is 1.08. The van der Waals surface area contributed by atoms with E-state index in [2.05, 4.69) is 5.32 Å². The van der Waals surface area contributed by atoms with E-state index in [1.807, 2.05) is 6.92 Å². The van der Waals surface area contributed by atoms with Crippen LogP contribution in [0.1, 0.15) is 32.6 Å². The van der Waals surface area contributed by atoms with E-state index in [-0.39, 0.29) is 18.1 Å². The summed E-state index contributed by atoms with van der Waals surface area (Å²) in [5.41, 5.74) is 0. The molecule has 3 heteroatoms. The Morgan fingerprint density at radius 3 is 2.69 bits per heavy atom. The molecule has 0 aromatic rings. The Bertz CT molecular complexity index is 201. The highest BCUT2D eigenvalue weighted by Gasteiger charge is 2.29. The fourth-order valence-corrected chi connectivity index (χ4v) is 1.68. The Hall–Kier alpha value is -0.570. The van der Waals surface area contributed by atoms with E-state index in [1.165, 1.54) is 12.8 Å². The minimum atomic E-state index is -0.172. The fourth-order valence-electron chi connectivity index (χ4n) is 1.68. The van der Waals surface area contributed by atoms with Crippen LogP contribution in [-0.2, 0) is 9.53 Å². The van der Waals surface area contributed by atoms with Crippen LogP contribution >= 0.6 is 0 Å². The third-order valence-electron chi connectivity index (χ3n) is 2.79. The van der Waals surface area contributed by atoms with Gasteiger partial charge in [-0.25, -0.2) is 0 Å². The van der Waals surface area contributed by atoms with Gasteiger partial charge in [-0.15, -0.1) is 0 Å². The van der Waals surface area contributed by atoms with Crippen LogP contribution in [0.3, 0.4) is 0 Å². The lowest BCUT2D eigenvalue weighted by molar-refractivity contribution is -0.131. The first-order chi connectivity index (χ1) is 6.25. The maximum Gasteiger partial charge on any atom is 0.249 e. The summed E-state index contributed by atoms with van der Waals surface area (Å²) in [5, 5.41) is 2.94. The normalized spacial score (nSPS) is 33.3. The van der Waals surface area contributed by atoms with E-state index in [0.29, 0.717) is 0 Å². The Kier molecular flexibility index (Phi) is 2.54. The fraction of sp³-hybridized carbons (Fsp3) is 0.900. The van der Waals surface area contributed by atoms with Gasteiger partial charge in [0.25, 0.3) is 0 Å². The third kappa shape index (κ3) is 2.44. The lowest BCUT2D eigenvalue weighted by Crippen LogP contribution is -2.35. The minimum absolute atomic E-state index is 0.0938. The van der Waals surface area contributed by atoms with Crippen LogP contribution in [0.5, 0.6) is 0 Å². The molecule has 1 saturated carbocycles. The van der Waals surface area contributed by atoms with Crippen molar-refractivity contribution >= 4 is 5.91 Å². The molecule has 0 aromatic carbocycles. The van der Waals surface area contributed by atoms with Gasteiger partial charge in [-0.2, -0.15) is 0 Å². The summed E-state index contributed by atoms with van der Waals surface area (Å²) in [6.07, 6.45) is 4.55. The highest BCUT2D eigenvalue weighted by atomic mass is 16.5. The van der Waals surface area contributed by atoms with Gasteiger partial charge < -0.3 is 10.1 Å². The van der Waals surface area contributed by atoms with Crippen molar-refractivity contribution in [2.24, 2.45) is 5.92 Å². The molecule has 3 nitrogen and oxygen atoms in total. The predicted molar refractivity (Wildman–Crippen MR) is 49.3 cm³/mol. The average Bonchev–Trinajstić information content (AvgIpc) is 2.84.